The first-order valence-corrected chi connectivity index (χ1v) is 5.92. The van der Waals surface area contributed by atoms with Crippen LogP contribution in [0.25, 0.3) is 0 Å². The maximum atomic E-state index is 13.3. The number of Topliss-reactive ketones (excluding diaryl/α,β-unsaturated/α-hetero) is 1. The van der Waals surface area contributed by atoms with Crippen LogP contribution in [0.4, 0.5) is 21.7 Å². The zero-order valence-corrected chi connectivity index (χ0v) is 11.6. The van der Waals surface area contributed by atoms with Gasteiger partial charge in [0.2, 0.25) is 0 Å². The standard InChI is InChI=1S/C12H17FN6O/c1-4-9(20)8(13)5-15-11-10(14)12(17-6-16-11)18-7-19(2)3/h5-7H,4,14H2,1-3H3,(H,15,16,17)/b8-5+,18-7-. The van der Waals surface area contributed by atoms with Crippen molar-refractivity contribution in [2.24, 2.45) is 4.99 Å². The summed E-state index contributed by atoms with van der Waals surface area (Å²) in [4.78, 5) is 24.6. The molecule has 1 heterocycles. The Labute approximate surface area is 116 Å². The fraction of sp³-hybridized carbons (Fsp3) is 0.333. The molecule has 108 valence electrons. The molecule has 1 aromatic heterocycles. The predicted octanol–water partition coefficient (Wildman–Crippen LogP) is 1.48. The second-order valence-electron chi connectivity index (χ2n) is 4.08. The third-order valence-electron chi connectivity index (χ3n) is 2.20. The van der Waals surface area contributed by atoms with Crippen LogP contribution in [0.5, 0.6) is 0 Å². The van der Waals surface area contributed by atoms with Gasteiger partial charge in [0.15, 0.2) is 23.2 Å². The fourth-order valence-corrected chi connectivity index (χ4v) is 1.16. The van der Waals surface area contributed by atoms with E-state index in [9.17, 15) is 9.18 Å². The number of ketones is 1. The average molecular weight is 280 g/mol. The molecule has 1 aromatic rings. The number of carbonyl (C=O) groups excluding carboxylic acids is 1. The van der Waals surface area contributed by atoms with Gasteiger partial charge in [-0.2, -0.15) is 0 Å². The van der Waals surface area contributed by atoms with Gasteiger partial charge in [0, 0.05) is 26.7 Å². The normalized spacial score (nSPS) is 11.7. The highest BCUT2D eigenvalue weighted by molar-refractivity contribution is 5.93. The third kappa shape index (κ3) is 4.30. The first kappa shape index (κ1) is 15.5. The van der Waals surface area contributed by atoms with Crippen LogP contribution in [0.2, 0.25) is 0 Å². The van der Waals surface area contributed by atoms with Gasteiger partial charge in [-0.25, -0.2) is 19.4 Å². The summed E-state index contributed by atoms with van der Waals surface area (Å²) in [7, 11) is 3.60. The summed E-state index contributed by atoms with van der Waals surface area (Å²) in [5.41, 5.74) is 5.97. The molecule has 0 aromatic carbocycles. The number of carbonyl (C=O) groups is 1. The van der Waals surface area contributed by atoms with Crippen LogP contribution in [0.15, 0.2) is 23.3 Å². The van der Waals surface area contributed by atoms with Crippen LogP contribution < -0.4 is 11.1 Å². The second-order valence-corrected chi connectivity index (χ2v) is 4.08. The number of aliphatic imine (C=N–C) groups is 1. The molecule has 1 rings (SSSR count). The molecule has 3 N–H and O–H groups in total. The van der Waals surface area contributed by atoms with Crippen molar-refractivity contribution in [1.29, 1.82) is 0 Å². The van der Waals surface area contributed by atoms with Gasteiger partial charge in [-0.05, 0) is 0 Å². The van der Waals surface area contributed by atoms with E-state index in [4.69, 9.17) is 5.73 Å². The highest BCUT2D eigenvalue weighted by atomic mass is 19.1. The van der Waals surface area contributed by atoms with Crippen molar-refractivity contribution in [2.75, 3.05) is 25.1 Å². The molecule has 0 unspecified atom stereocenters. The molecule has 8 heteroatoms. The van der Waals surface area contributed by atoms with E-state index >= 15 is 0 Å². The Hall–Kier alpha value is -2.51. The molecular formula is C12H17FN6O. The van der Waals surface area contributed by atoms with Gasteiger partial charge < -0.3 is 16.0 Å². The molecule has 0 saturated carbocycles. The van der Waals surface area contributed by atoms with Gasteiger partial charge in [0.05, 0.1) is 6.34 Å². The van der Waals surface area contributed by atoms with Crippen molar-refractivity contribution >= 4 is 29.4 Å². The Bertz CT molecular complexity index is 541. The summed E-state index contributed by atoms with van der Waals surface area (Å²) in [5.74, 6) is -1.04. The van der Waals surface area contributed by atoms with Crippen molar-refractivity contribution in [3.05, 3.63) is 18.4 Å². The average Bonchev–Trinajstić information content (AvgIpc) is 2.43. The number of halogens is 1. The van der Waals surface area contributed by atoms with Crippen LogP contribution in [0.3, 0.4) is 0 Å². The lowest BCUT2D eigenvalue weighted by Crippen LogP contribution is -2.08. The first-order chi connectivity index (χ1) is 9.45. The van der Waals surface area contributed by atoms with Crippen LogP contribution >= 0.6 is 0 Å². The Morgan fingerprint density at radius 1 is 1.55 bits per heavy atom. The van der Waals surface area contributed by atoms with Crippen molar-refractivity contribution in [1.82, 2.24) is 14.9 Å². The first-order valence-electron chi connectivity index (χ1n) is 5.92. The molecule has 0 saturated heterocycles. The summed E-state index contributed by atoms with van der Waals surface area (Å²) in [5, 5.41) is 2.53. The van der Waals surface area contributed by atoms with E-state index in [1.807, 2.05) is 0 Å². The molecular weight excluding hydrogens is 263 g/mol. The lowest BCUT2D eigenvalue weighted by atomic mass is 10.3. The lowest BCUT2D eigenvalue weighted by molar-refractivity contribution is -0.116. The number of aromatic nitrogens is 2. The molecule has 0 spiro atoms. The van der Waals surface area contributed by atoms with Gasteiger partial charge in [0.1, 0.15) is 12.0 Å². The van der Waals surface area contributed by atoms with Gasteiger partial charge >= 0.3 is 0 Å². The molecule has 7 nitrogen and oxygen atoms in total. The van der Waals surface area contributed by atoms with Crippen LogP contribution in [0, 0.1) is 0 Å². The zero-order valence-electron chi connectivity index (χ0n) is 11.6. The number of anilines is 2. The number of nitrogens with zero attached hydrogens (tertiary/aromatic N) is 4. The number of hydrogen-bond donors (Lipinski definition) is 2. The maximum absolute atomic E-state index is 13.3. The van der Waals surface area contributed by atoms with E-state index in [0.29, 0.717) is 0 Å². The predicted molar refractivity (Wildman–Crippen MR) is 76.4 cm³/mol. The van der Waals surface area contributed by atoms with Crippen LogP contribution in [-0.4, -0.2) is 41.1 Å². The number of nitrogen functional groups attached to an aromatic ring is 1. The van der Waals surface area contributed by atoms with Gasteiger partial charge in [-0.15, -0.1) is 0 Å². The van der Waals surface area contributed by atoms with Crippen LogP contribution in [0.1, 0.15) is 13.3 Å². The highest BCUT2D eigenvalue weighted by Gasteiger charge is 2.08. The number of nitrogens with one attached hydrogen (secondary N) is 1. The van der Waals surface area contributed by atoms with E-state index < -0.39 is 11.6 Å². The third-order valence-corrected chi connectivity index (χ3v) is 2.20. The summed E-state index contributed by atoms with van der Waals surface area (Å²) >= 11 is 0. The van der Waals surface area contributed by atoms with E-state index in [-0.39, 0.29) is 23.7 Å². The number of rotatable bonds is 6. The van der Waals surface area contributed by atoms with Gasteiger partial charge in [-0.1, -0.05) is 6.92 Å². The minimum atomic E-state index is -0.885. The highest BCUT2D eigenvalue weighted by Crippen LogP contribution is 2.24. The Morgan fingerprint density at radius 3 is 2.85 bits per heavy atom. The van der Waals surface area contributed by atoms with Crippen molar-refractivity contribution in [2.45, 2.75) is 13.3 Å². The molecule has 0 aliphatic rings. The molecule has 20 heavy (non-hydrogen) atoms. The fourth-order valence-electron chi connectivity index (χ4n) is 1.16. The van der Waals surface area contributed by atoms with Crippen LogP contribution in [-0.2, 0) is 4.79 Å². The summed E-state index contributed by atoms with van der Waals surface area (Å²) < 4.78 is 13.3. The molecule has 0 amide bonds. The number of nitrogens with two attached hydrogens (primary N) is 1. The maximum Gasteiger partial charge on any atom is 0.192 e. The molecule has 0 aliphatic carbocycles. The quantitative estimate of drug-likeness (QED) is 0.465. The smallest absolute Gasteiger partial charge is 0.192 e. The monoisotopic (exact) mass is 280 g/mol. The summed E-state index contributed by atoms with van der Waals surface area (Å²) in [6.07, 6.45) is 3.78. The summed E-state index contributed by atoms with van der Waals surface area (Å²) in [6.45, 7) is 1.57. The molecule has 0 atom stereocenters. The molecule has 0 radical (unpaired) electrons. The van der Waals surface area contributed by atoms with E-state index in [1.54, 1.807) is 25.9 Å². The summed E-state index contributed by atoms with van der Waals surface area (Å²) in [6, 6.07) is 0. The van der Waals surface area contributed by atoms with Crippen molar-refractivity contribution in [3.8, 4) is 0 Å². The minimum absolute atomic E-state index is 0.0850. The SMILES string of the molecule is CCC(=O)/C(F)=C\Nc1ncnc(/N=C\N(C)C)c1N. The Kier molecular flexibility index (Phi) is 5.57. The van der Waals surface area contributed by atoms with E-state index in [1.165, 1.54) is 12.7 Å². The van der Waals surface area contributed by atoms with Crippen molar-refractivity contribution in [3.63, 3.8) is 0 Å². The Morgan fingerprint density at radius 2 is 2.25 bits per heavy atom. The second kappa shape index (κ2) is 7.17. The minimum Gasteiger partial charge on any atom is -0.393 e. The zero-order chi connectivity index (χ0) is 15.1. The Balaban J connectivity index is 2.92. The van der Waals surface area contributed by atoms with E-state index in [2.05, 4.69) is 20.3 Å². The van der Waals surface area contributed by atoms with Gasteiger partial charge in [0.25, 0.3) is 0 Å². The van der Waals surface area contributed by atoms with Crippen molar-refractivity contribution < 1.29 is 9.18 Å². The lowest BCUT2D eigenvalue weighted by Gasteiger charge is -2.07. The number of hydrogen-bond acceptors (Lipinski definition) is 6. The molecule has 0 fully saturated rings. The van der Waals surface area contributed by atoms with Gasteiger partial charge in [-0.3, -0.25) is 4.79 Å². The number of allylic oxidation sites excluding steroid dienone is 1. The largest absolute Gasteiger partial charge is 0.393 e. The molecule has 0 aliphatic heterocycles. The molecule has 0 bridgehead atoms. The van der Waals surface area contributed by atoms with E-state index in [0.717, 1.165) is 6.20 Å². The topological polar surface area (TPSA) is 96.5 Å².